The van der Waals surface area contributed by atoms with Gasteiger partial charge in [-0.1, -0.05) is 44.2 Å². The maximum absolute atomic E-state index is 13.5. The fraction of sp³-hybridized carbons (Fsp3) is 0.548. The Labute approximate surface area is 242 Å². The van der Waals surface area contributed by atoms with Crippen molar-refractivity contribution in [3.05, 3.63) is 70.8 Å². The van der Waals surface area contributed by atoms with Gasteiger partial charge >= 0.3 is 18.4 Å². The number of benzene rings is 2. The number of hydrogen-bond donors (Lipinski definition) is 0. The van der Waals surface area contributed by atoms with Crippen molar-refractivity contribution in [1.29, 1.82) is 0 Å². The number of nitrogens with zero attached hydrogens (tertiary/aromatic N) is 2. The second kappa shape index (κ2) is 13.0. The smallest absolute Gasteiger partial charge is 0.416 e. The summed E-state index contributed by atoms with van der Waals surface area (Å²) in [4.78, 5) is 29.7. The molecule has 2 aromatic rings. The van der Waals surface area contributed by atoms with Gasteiger partial charge in [-0.2, -0.15) is 26.3 Å². The molecule has 0 spiro atoms. The van der Waals surface area contributed by atoms with Crippen molar-refractivity contribution in [2.45, 2.75) is 109 Å². The molecule has 2 aromatic carbocycles. The van der Waals surface area contributed by atoms with Gasteiger partial charge in [0.05, 0.1) is 11.1 Å². The number of carbonyl (C=O) groups excluding carboxylic acids is 2. The maximum Gasteiger partial charge on any atom is 0.416 e. The molecule has 3 rings (SSSR count). The van der Waals surface area contributed by atoms with Crippen LogP contribution in [0.5, 0.6) is 0 Å². The van der Waals surface area contributed by atoms with Crippen LogP contribution < -0.4 is 0 Å². The lowest BCUT2D eigenvalue weighted by Crippen LogP contribution is -2.58. The molecule has 11 heteroatoms. The van der Waals surface area contributed by atoms with Crippen molar-refractivity contribution in [2.75, 3.05) is 0 Å². The summed E-state index contributed by atoms with van der Waals surface area (Å²) >= 11 is 0. The molecule has 0 unspecified atom stereocenters. The van der Waals surface area contributed by atoms with E-state index < -0.39 is 59.7 Å². The monoisotopic (exact) mass is 600 g/mol. The van der Waals surface area contributed by atoms with Gasteiger partial charge < -0.3 is 14.5 Å². The Morgan fingerprint density at radius 3 is 1.88 bits per heavy atom. The van der Waals surface area contributed by atoms with E-state index in [-0.39, 0.29) is 30.5 Å². The zero-order valence-electron chi connectivity index (χ0n) is 24.5. The van der Waals surface area contributed by atoms with Crippen LogP contribution in [0.15, 0.2) is 48.5 Å². The van der Waals surface area contributed by atoms with Crippen LogP contribution in [-0.4, -0.2) is 45.5 Å². The lowest BCUT2D eigenvalue weighted by Gasteiger charge is -2.48. The third-order valence-corrected chi connectivity index (χ3v) is 7.33. The van der Waals surface area contributed by atoms with Crippen LogP contribution in [0, 0.1) is 0 Å². The lowest BCUT2D eigenvalue weighted by molar-refractivity contribution is -0.143. The van der Waals surface area contributed by atoms with Gasteiger partial charge in [0.2, 0.25) is 5.91 Å². The van der Waals surface area contributed by atoms with Crippen LogP contribution in [0.3, 0.4) is 0 Å². The summed E-state index contributed by atoms with van der Waals surface area (Å²) < 4.78 is 87.0. The van der Waals surface area contributed by atoms with Gasteiger partial charge in [-0.25, -0.2) is 4.79 Å². The van der Waals surface area contributed by atoms with Gasteiger partial charge in [-0.3, -0.25) is 4.79 Å². The molecule has 42 heavy (non-hydrogen) atoms. The fourth-order valence-electron chi connectivity index (χ4n) is 5.48. The molecule has 0 saturated carbocycles. The molecular weight excluding hydrogens is 562 g/mol. The Bertz CT molecular complexity index is 1190. The summed E-state index contributed by atoms with van der Waals surface area (Å²) in [5, 5.41) is 0. The van der Waals surface area contributed by atoms with E-state index in [0.717, 1.165) is 5.56 Å². The van der Waals surface area contributed by atoms with Crippen LogP contribution in [0.4, 0.5) is 31.1 Å². The zero-order valence-corrected chi connectivity index (χ0v) is 24.5. The maximum atomic E-state index is 13.5. The first-order valence-corrected chi connectivity index (χ1v) is 14.1. The third-order valence-electron chi connectivity index (χ3n) is 7.33. The van der Waals surface area contributed by atoms with Crippen LogP contribution in [0.2, 0.25) is 0 Å². The van der Waals surface area contributed by atoms with Crippen molar-refractivity contribution in [1.82, 2.24) is 9.80 Å². The molecule has 1 aliphatic heterocycles. The van der Waals surface area contributed by atoms with Crippen LogP contribution in [-0.2, 0) is 34.8 Å². The Hall–Kier alpha value is -3.24. The Kier molecular flexibility index (Phi) is 10.3. The minimum absolute atomic E-state index is 0.0114. The first-order chi connectivity index (χ1) is 19.4. The van der Waals surface area contributed by atoms with Gasteiger partial charge in [-0.05, 0) is 75.8 Å². The van der Waals surface area contributed by atoms with Gasteiger partial charge in [0.1, 0.15) is 5.60 Å². The summed E-state index contributed by atoms with van der Waals surface area (Å²) in [5.74, 6) is -0.398. The highest BCUT2D eigenvalue weighted by molar-refractivity contribution is 5.76. The number of amides is 2. The van der Waals surface area contributed by atoms with E-state index in [1.54, 1.807) is 32.6 Å². The minimum Gasteiger partial charge on any atom is -0.444 e. The number of hydrogen-bond acceptors (Lipinski definition) is 3. The van der Waals surface area contributed by atoms with Crippen molar-refractivity contribution in [2.24, 2.45) is 0 Å². The minimum atomic E-state index is -5.00. The summed E-state index contributed by atoms with van der Waals surface area (Å²) in [6.45, 7) is 8.34. The fourth-order valence-corrected chi connectivity index (χ4v) is 5.48. The van der Waals surface area contributed by atoms with Crippen molar-refractivity contribution in [3.8, 4) is 0 Å². The molecule has 1 aliphatic rings. The second-order valence-corrected chi connectivity index (χ2v) is 11.7. The normalized spacial score (nSPS) is 19.9. The number of alkyl halides is 6. The van der Waals surface area contributed by atoms with Gasteiger partial charge in [0, 0.05) is 31.1 Å². The second-order valence-electron chi connectivity index (χ2n) is 11.7. The van der Waals surface area contributed by atoms with E-state index in [1.807, 2.05) is 37.3 Å². The summed E-state index contributed by atoms with van der Waals surface area (Å²) in [5.41, 5.74) is -2.93. The Morgan fingerprint density at radius 2 is 1.40 bits per heavy atom. The standard InChI is InChI=1S/C31H38F6N2O3/c1-6-24-17-25(18-26(15-20-11-9-8-10-12-20)39(24)28(41)42-29(3,4)5)38(27(40)7-2)19-21-13-22(30(32,33)34)16-23(14-21)31(35,36)37/h8-14,16,24-26H,6-7,15,17-19H2,1-5H3/t24-,25+,26+/m1/s1. The average molecular weight is 601 g/mol. The Balaban J connectivity index is 2.03. The number of rotatable bonds is 7. The molecule has 2 amide bonds. The van der Waals surface area contributed by atoms with Gasteiger partial charge in [0.25, 0.3) is 0 Å². The highest BCUT2D eigenvalue weighted by Gasteiger charge is 2.43. The lowest BCUT2D eigenvalue weighted by atomic mass is 9.85. The molecule has 3 atom stereocenters. The highest BCUT2D eigenvalue weighted by atomic mass is 19.4. The predicted octanol–water partition coefficient (Wildman–Crippen LogP) is 8.25. The molecule has 0 aliphatic carbocycles. The first kappa shape index (κ1) is 33.3. The highest BCUT2D eigenvalue weighted by Crippen LogP contribution is 2.38. The Morgan fingerprint density at radius 1 is 0.857 bits per heavy atom. The number of piperidine rings is 1. The van der Waals surface area contributed by atoms with E-state index in [0.29, 0.717) is 31.4 Å². The number of ether oxygens (including phenoxy) is 1. The molecule has 232 valence electrons. The van der Waals surface area contributed by atoms with Gasteiger partial charge in [0.15, 0.2) is 0 Å². The molecule has 1 fully saturated rings. The zero-order chi connectivity index (χ0) is 31.5. The summed E-state index contributed by atoms with van der Waals surface area (Å²) in [6, 6.07) is 9.50. The van der Waals surface area contributed by atoms with Crippen LogP contribution in [0.1, 0.15) is 82.6 Å². The summed E-state index contributed by atoms with van der Waals surface area (Å²) in [6.07, 6.45) is -8.96. The van der Waals surface area contributed by atoms with Crippen LogP contribution >= 0.6 is 0 Å². The van der Waals surface area contributed by atoms with Gasteiger partial charge in [-0.15, -0.1) is 0 Å². The van der Waals surface area contributed by atoms with Crippen LogP contribution in [0.25, 0.3) is 0 Å². The van der Waals surface area contributed by atoms with Crippen molar-refractivity contribution in [3.63, 3.8) is 0 Å². The largest absolute Gasteiger partial charge is 0.444 e. The van der Waals surface area contributed by atoms with E-state index in [2.05, 4.69) is 0 Å². The molecule has 5 nitrogen and oxygen atoms in total. The number of halogens is 6. The predicted molar refractivity (Wildman–Crippen MR) is 146 cm³/mol. The van der Waals surface area contributed by atoms with E-state index in [1.165, 1.54) is 4.90 Å². The molecule has 1 heterocycles. The van der Waals surface area contributed by atoms with E-state index in [9.17, 15) is 35.9 Å². The average Bonchev–Trinajstić information content (AvgIpc) is 2.89. The summed E-state index contributed by atoms with van der Waals surface area (Å²) in [7, 11) is 0. The number of likely N-dealkylation sites (tertiary alicyclic amines) is 1. The first-order valence-electron chi connectivity index (χ1n) is 14.1. The number of carbonyl (C=O) groups is 2. The topological polar surface area (TPSA) is 49.9 Å². The molecule has 1 saturated heterocycles. The van der Waals surface area contributed by atoms with E-state index >= 15 is 0 Å². The van der Waals surface area contributed by atoms with Crippen molar-refractivity contribution < 1.29 is 40.7 Å². The van der Waals surface area contributed by atoms with E-state index in [4.69, 9.17) is 4.74 Å². The molecular formula is C31H38F6N2O3. The third kappa shape index (κ3) is 8.64. The molecule has 0 N–H and O–H groups in total. The molecule has 0 aromatic heterocycles. The quantitative estimate of drug-likeness (QED) is 0.301. The SMILES string of the molecule is CCC(=O)N(Cc1cc(C(F)(F)F)cc(C(F)(F)F)c1)[C@H]1C[C@@H](CC)N(C(=O)OC(C)(C)C)[C@@H](Cc2ccccc2)C1. The molecule has 0 radical (unpaired) electrons. The van der Waals surface area contributed by atoms with Crippen molar-refractivity contribution >= 4 is 12.0 Å². The molecule has 0 bridgehead atoms.